The molecule has 4 rings (SSSR count). The third-order valence-corrected chi connectivity index (χ3v) is 7.69. The van der Waals surface area contributed by atoms with Gasteiger partial charge in [0.1, 0.15) is 5.75 Å². The van der Waals surface area contributed by atoms with E-state index in [2.05, 4.69) is 50.3 Å². The van der Waals surface area contributed by atoms with Crippen molar-refractivity contribution in [3.63, 3.8) is 0 Å². The van der Waals surface area contributed by atoms with Crippen molar-refractivity contribution < 1.29 is 9.53 Å². The molecular formula is C25H26BrN5O2S2. The van der Waals surface area contributed by atoms with E-state index in [1.165, 1.54) is 34.2 Å². The van der Waals surface area contributed by atoms with Crippen LogP contribution in [0.2, 0.25) is 0 Å². The number of carbonyl (C=O) groups excluding carboxylic acids is 1. The van der Waals surface area contributed by atoms with Gasteiger partial charge < -0.3 is 14.6 Å². The molecular weight excluding hydrogens is 546 g/mol. The first kappa shape index (κ1) is 25.4. The fraction of sp³-hybridized carbons (Fsp3) is 0.280. The van der Waals surface area contributed by atoms with Gasteiger partial charge in [-0.2, -0.15) is 0 Å². The molecule has 0 bridgehead atoms. The van der Waals surface area contributed by atoms with Gasteiger partial charge in [0.2, 0.25) is 5.91 Å². The number of aromatic nitrogens is 4. The molecule has 0 spiro atoms. The molecule has 1 N–H and O–H groups in total. The fourth-order valence-electron chi connectivity index (χ4n) is 3.42. The van der Waals surface area contributed by atoms with E-state index in [0.717, 1.165) is 27.3 Å². The number of halogens is 1. The number of ether oxygens (including phenoxy) is 1. The first-order chi connectivity index (χ1) is 16.8. The average molecular weight is 573 g/mol. The van der Waals surface area contributed by atoms with E-state index >= 15 is 0 Å². The van der Waals surface area contributed by atoms with E-state index in [1.54, 1.807) is 0 Å². The van der Waals surface area contributed by atoms with Gasteiger partial charge in [-0.25, -0.2) is 4.98 Å². The number of thiazole rings is 1. The summed E-state index contributed by atoms with van der Waals surface area (Å²) in [5, 5.41) is 14.7. The maximum absolute atomic E-state index is 12.6. The van der Waals surface area contributed by atoms with E-state index in [1.807, 2.05) is 66.3 Å². The molecule has 2 heterocycles. The number of carbonyl (C=O) groups is 1. The number of anilines is 1. The molecule has 0 aliphatic heterocycles. The highest BCUT2D eigenvalue weighted by Crippen LogP contribution is 2.28. The lowest BCUT2D eigenvalue weighted by Crippen LogP contribution is -2.15. The molecule has 35 heavy (non-hydrogen) atoms. The molecule has 0 saturated carbocycles. The predicted molar refractivity (Wildman–Crippen MR) is 145 cm³/mol. The van der Waals surface area contributed by atoms with Gasteiger partial charge >= 0.3 is 0 Å². The van der Waals surface area contributed by atoms with Crippen molar-refractivity contribution in [1.82, 2.24) is 19.7 Å². The van der Waals surface area contributed by atoms with Crippen LogP contribution in [0.15, 0.2) is 57.5 Å². The van der Waals surface area contributed by atoms with Gasteiger partial charge in [0.05, 0.1) is 11.4 Å². The van der Waals surface area contributed by atoms with E-state index in [4.69, 9.17) is 4.74 Å². The minimum Gasteiger partial charge on any atom is -0.483 e. The molecule has 10 heteroatoms. The van der Waals surface area contributed by atoms with Gasteiger partial charge in [-0.1, -0.05) is 45.9 Å². The highest BCUT2D eigenvalue weighted by atomic mass is 79.9. The number of nitrogens with zero attached hydrogens (tertiary/aromatic N) is 4. The van der Waals surface area contributed by atoms with Crippen LogP contribution >= 0.6 is 39.0 Å². The normalized spacial score (nSPS) is 11.9. The van der Waals surface area contributed by atoms with Gasteiger partial charge in [0.25, 0.3) is 0 Å². The van der Waals surface area contributed by atoms with Crippen LogP contribution in [0, 0.1) is 13.8 Å². The predicted octanol–water partition coefficient (Wildman–Crippen LogP) is 6.67. The van der Waals surface area contributed by atoms with Crippen LogP contribution in [0.4, 0.5) is 5.13 Å². The zero-order valence-corrected chi connectivity index (χ0v) is 23.1. The van der Waals surface area contributed by atoms with Gasteiger partial charge in [0.15, 0.2) is 22.2 Å². The summed E-state index contributed by atoms with van der Waals surface area (Å²) in [5.74, 6) is 1.59. The number of amides is 1. The summed E-state index contributed by atoms with van der Waals surface area (Å²) in [4.78, 5) is 17.1. The molecule has 1 amide bonds. The van der Waals surface area contributed by atoms with Crippen molar-refractivity contribution in [2.45, 2.75) is 45.5 Å². The molecule has 1 atom stereocenters. The van der Waals surface area contributed by atoms with Crippen molar-refractivity contribution in [3.8, 4) is 17.0 Å². The average Bonchev–Trinajstić information content (AvgIpc) is 3.47. The lowest BCUT2D eigenvalue weighted by atomic mass is 10.1. The van der Waals surface area contributed by atoms with Crippen LogP contribution in [0.1, 0.15) is 36.9 Å². The highest BCUT2D eigenvalue weighted by Gasteiger charge is 2.20. The Hall–Kier alpha value is -2.69. The van der Waals surface area contributed by atoms with Crippen LogP contribution in [0.5, 0.6) is 5.75 Å². The molecule has 0 radical (unpaired) electrons. The minimum absolute atomic E-state index is 0.140. The summed E-state index contributed by atoms with van der Waals surface area (Å²) < 4.78 is 9.12. The van der Waals surface area contributed by atoms with E-state index in [9.17, 15) is 4.79 Å². The Bertz CT molecular complexity index is 1320. The zero-order valence-electron chi connectivity index (χ0n) is 19.9. The van der Waals surface area contributed by atoms with Crippen LogP contribution in [-0.4, -0.2) is 31.4 Å². The third kappa shape index (κ3) is 6.31. The van der Waals surface area contributed by atoms with E-state index < -0.39 is 0 Å². The quantitative estimate of drug-likeness (QED) is 0.226. The highest BCUT2D eigenvalue weighted by molar-refractivity contribution is 9.10. The Morgan fingerprint density at radius 2 is 1.94 bits per heavy atom. The van der Waals surface area contributed by atoms with Crippen molar-refractivity contribution in [3.05, 3.63) is 69.3 Å². The molecule has 4 aromatic rings. The van der Waals surface area contributed by atoms with Gasteiger partial charge in [-0.05, 0) is 63.1 Å². The SMILES string of the molecule is CCn1c(SCC(=O)Nc2nc(-c3ccc(Br)cc3)cs2)nnc1C(C)Oc1ccc(C)c(C)c1. The molecule has 7 nitrogen and oxygen atoms in total. The monoisotopic (exact) mass is 571 g/mol. The summed E-state index contributed by atoms with van der Waals surface area (Å²) in [6, 6.07) is 13.9. The first-order valence-electron chi connectivity index (χ1n) is 11.1. The molecule has 2 aromatic heterocycles. The first-order valence-corrected chi connectivity index (χ1v) is 13.8. The molecule has 1 unspecified atom stereocenters. The molecule has 0 saturated heterocycles. The number of aryl methyl sites for hydroxylation is 2. The van der Waals surface area contributed by atoms with Gasteiger partial charge in [-0.15, -0.1) is 21.5 Å². The van der Waals surface area contributed by atoms with Crippen LogP contribution in [0.3, 0.4) is 0 Å². The van der Waals surface area contributed by atoms with Crippen molar-refractivity contribution in [1.29, 1.82) is 0 Å². The number of thioether (sulfide) groups is 1. The maximum atomic E-state index is 12.6. The zero-order chi connectivity index (χ0) is 24.9. The molecule has 2 aromatic carbocycles. The van der Waals surface area contributed by atoms with Crippen molar-refractivity contribution in [2.75, 3.05) is 11.1 Å². The van der Waals surface area contributed by atoms with Crippen molar-refractivity contribution >= 4 is 50.1 Å². The molecule has 0 aliphatic carbocycles. The van der Waals surface area contributed by atoms with Crippen LogP contribution in [-0.2, 0) is 11.3 Å². The van der Waals surface area contributed by atoms with Crippen LogP contribution in [0.25, 0.3) is 11.3 Å². The lowest BCUT2D eigenvalue weighted by Gasteiger charge is -2.16. The number of nitrogens with one attached hydrogen (secondary N) is 1. The second kappa shape index (κ2) is 11.4. The summed E-state index contributed by atoms with van der Waals surface area (Å²) in [7, 11) is 0. The third-order valence-electron chi connectivity index (χ3n) is 5.44. The number of rotatable bonds is 9. The second-order valence-corrected chi connectivity index (χ2v) is 10.7. The Balaban J connectivity index is 1.36. The molecule has 0 aliphatic rings. The van der Waals surface area contributed by atoms with Crippen LogP contribution < -0.4 is 10.1 Å². The molecule has 182 valence electrons. The second-order valence-electron chi connectivity index (χ2n) is 7.97. The Morgan fingerprint density at radius 3 is 2.66 bits per heavy atom. The maximum Gasteiger partial charge on any atom is 0.236 e. The fourth-order valence-corrected chi connectivity index (χ4v) is 5.23. The van der Waals surface area contributed by atoms with E-state index in [0.29, 0.717) is 16.8 Å². The standard InChI is InChI=1S/C25H26BrN5O2S2/c1-5-31-23(17(4)33-20-11-6-15(2)16(3)12-20)29-30-25(31)35-14-22(32)28-24-27-21(13-34-24)18-7-9-19(26)10-8-18/h6-13,17H,5,14H2,1-4H3,(H,27,28,32). The summed E-state index contributed by atoms with van der Waals surface area (Å²) in [5.41, 5.74) is 4.23. The number of hydrogen-bond acceptors (Lipinski definition) is 7. The largest absolute Gasteiger partial charge is 0.483 e. The van der Waals surface area contributed by atoms with E-state index in [-0.39, 0.29) is 17.8 Å². The summed E-state index contributed by atoms with van der Waals surface area (Å²) in [6.07, 6.45) is -0.278. The minimum atomic E-state index is -0.278. The Kier molecular flexibility index (Phi) is 8.25. The molecule has 0 fully saturated rings. The number of benzene rings is 2. The summed E-state index contributed by atoms with van der Waals surface area (Å²) >= 11 is 6.19. The van der Waals surface area contributed by atoms with Gasteiger partial charge in [0, 0.05) is 22.0 Å². The van der Waals surface area contributed by atoms with Crippen molar-refractivity contribution in [2.24, 2.45) is 0 Å². The Morgan fingerprint density at radius 1 is 1.17 bits per heavy atom. The Labute approximate surface area is 221 Å². The smallest absolute Gasteiger partial charge is 0.236 e. The topological polar surface area (TPSA) is 81.9 Å². The lowest BCUT2D eigenvalue weighted by molar-refractivity contribution is -0.113. The summed E-state index contributed by atoms with van der Waals surface area (Å²) in [6.45, 7) is 8.80. The number of hydrogen-bond donors (Lipinski definition) is 1. The van der Waals surface area contributed by atoms with Gasteiger partial charge in [-0.3, -0.25) is 4.79 Å².